The molecule has 3 saturated carbocycles. The maximum Gasteiger partial charge on any atom is 0.0207 e. The SMILES string of the molecule is CC1CC2C(Br)C3CCCCC3CC2C1C(C)(C)C1=Cc2ccccc2C1. The standard InChI is InChI=1S/C26H35Br/c1-16-12-23-22(15-19-10-6-7-11-21(19)25(23)27)24(16)26(2,3)20-13-17-8-4-5-9-18(17)14-20/h4-5,8-9,13,16,19,21-25H,6-7,10-12,14-15H2,1-3H3. The molecule has 5 rings (SSSR count). The lowest BCUT2D eigenvalue weighted by Crippen LogP contribution is -2.44. The number of allylic oxidation sites excluding steroid dienone is 1. The summed E-state index contributed by atoms with van der Waals surface area (Å²) in [6, 6.07) is 9.04. The van der Waals surface area contributed by atoms with E-state index in [1.165, 1.54) is 56.1 Å². The molecule has 0 aliphatic heterocycles. The normalized spacial score (nSPS) is 40.9. The van der Waals surface area contributed by atoms with E-state index in [4.69, 9.17) is 0 Å². The molecule has 0 radical (unpaired) electrons. The van der Waals surface area contributed by atoms with E-state index in [1.807, 2.05) is 0 Å². The number of benzene rings is 1. The molecule has 0 heterocycles. The Morgan fingerprint density at radius 2 is 1.74 bits per heavy atom. The second kappa shape index (κ2) is 6.75. The number of fused-ring (bicyclic) bond motifs is 3. The molecule has 7 atom stereocenters. The van der Waals surface area contributed by atoms with Crippen molar-refractivity contribution in [1.82, 2.24) is 0 Å². The predicted octanol–water partition coefficient (Wildman–Crippen LogP) is 7.51. The van der Waals surface area contributed by atoms with Gasteiger partial charge in [-0.25, -0.2) is 0 Å². The molecule has 7 unspecified atom stereocenters. The minimum Gasteiger partial charge on any atom is -0.0884 e. The van der Waals surface area contributed by atoms with Gasteiger partial charge in [-0.3, -0.25) is 0 Å². The van der Waals surface area contributed by atoms with Crippen LogP contribution in [0, 0.1) is 40.9 Å². The first kappa shape index (κ1) is 18.5. The molecular weight excluding hydrogens is 392 g/mol. The van der Waals surface area contributed by atoms with Crippen LogP contribution in [0.1, 0.15) is 70.4 Å². The van der Waals surface area contributed by atoms with Gasteiger partial charge in [-0.2, -0.15) is 0 Å². The van der Waals surface area contributed by atoms with Gasteiger partial charge in [0, 0.05) is 4.83 Å². The lowest BCUT2D eigenvalue weighted by molar-refractivity contribution is 0.0543. The summed E-state index contributed by atoms with van der Waals surface area (Å²) in [6.07, 6.45) is 12.6. The van der Waals surface area contributed by atoms with E-state index in [1.54, 1.807) is 5.57 Å². The first-order chi connectivity index (χ1) is 13.0. The third kappa shape index (κ3) is 2.90. The number of hydrogen-bond acceptors (Lipinski definition) is 0. The molecule has 4 aliphatic carbocycles. The summed E-state index contributed by atoms with van der Waals surface area (Å²) in [5, 5.41) is 0. The molecule has 3 fully saturated rings. The third-order valence-electron chi connectivity index (χ3n) is 9.06. The van der Waals surface area contributed by atoms with Crippen LogP contribution < -0.4 is 0 Å². The summed E-state index contributed by atoms with van der Waals surface area (Å²) in [4.78, 5) is 0.777. The van der Waals surface area contributed by atoms with E-state index in [2.05, 4.69) is 67.0 Å². The zero-order valence-electron chi connectivity index (χ0n) is 17.3. The highest BCUT2D eigenvalue weighted by Gasteiger charge is 2.55. The summed E-state index contributed by atoms with van der Waals surface area (Å²) >= 11 is 4.25. The third-order valence-corrected chi connectivity index (χ3v) is 10.4. The van der Waals surface area contributed by atoms with Crippen molar-refractivity contribution in [1.29, 1.82) is 0 Å². The molecule has 0 N–H and O–H groups in total. The van der Waals surface area contributed by atoms with Crippen LogP contribution in [0.2, 0.25) is 0 Å². The van der Waals surface area contributed by atoms with Crippen molar-refractivity contribution < 1.29 is 0 Å². The Morgan fingerprint density at radius 1 is 0.963 bits per heavy atom. The van der Waals surface area contributed by atoms with Crippen molar-refractivity contribution in [2.75, 3.05) is 0 Å². The maximum absolute atomic E-state index is 4.25. The Bertz CT molecular complexity index is 744. The molecule has 0 saturated heterocycles. The first-order valence-corrected chi connectivity index (χ1v) is 12.3. The first-order valence-electron chi connectivity index (χ1n) is 11.4. The Kier molecular flexibility index (Phi) is 4.62. The highest BCUT2D eigenvalue weighted by atomic mass is 79.9. The van der Waals surface area contributed by atoms with Gasteiger partial charge in [-0.15, -0.1) is 0 Å². The number of alkyl halides is 1. The van der Waals surface area contributed by atoms with Gasteiger partial charge in [0.2, 0.25) is 0 Å². The lowest BCUT2D eigenvalue weighted by atomic mass is 9.58. The maximum atomic E-state index is 4.25. The fourth-order valence-electron chi connectivity index (χ4n) is 7.90. The summed E-state index contributed by atoms with van der Waals surface area (Å²) < 4.78 is 0. The smallest absolute Gasteiger partial charge is 0.0207 e. The van der Waals surface area contributed by atoms with Crippen LogP contribution >= 0.6 is 15.9 Å². The Hall–Kier alpha value is -0.560. The topological polar surface area (TPSA) is 0 Å². The van der Waals surface area contributed by atoms with E-state index in [9.17, 15) is 0 Å². The van der Waals surface area contributed by atoms with Crippen molar-refractivity contribution in [3.63, 3.8) is 0 Å². The molecule has 0 aromatic heterocycles. The summed E-state index contributed by atoms with van der Waals surface area (Å²) in [7, 11) is 0. The van der Waals surface area contributed by atoms with Gasteiger partial charge in [-0.05, 0) is 77.7 Å². The average molecular weight is 427 g/mol. The zero-order valence-corrected chi connectivity index (χ0v) is 18.8. The summed E-state index contributed by atoms with van der Waals surface area (Å²) in [5.74, 6) is 5.47. The Balaban J connectivity index is 1.44. The van der Waals surface area contributed by atoms with Gasteiger partial charge >= 0.3 is 0 Å². The van der Waals surface area contributed by atoms with Gasteiger partial charge in [-0.1, -0.05) is 91.9 Å². The quantitative estimate of drug-likeness (QED) is 0.428. The second-order valence-corrected chi connectivity index (χ2v) is 11.8. The number of rotatable bonds is 2. The van der Waals surface area contributed by atoms with E-state index >= 15 is 0 Å². The molecule has 146 valence electrons. The fraction of sp³-hybridized carbons (Fsp3) is 0.692. The molecule has 0 spiro atoms. The molecule has 1 aromatic rings. The average Bonchev–Trinajstić information content (AvgIpc) is 3.23. The van der Waals surface area contributed by atoms with E-state index in [0.717, 1.165) is 40.3 Å². The molecule has 4 aliphatic rings. The molecule has 1 heteroatoms. The molecule has 27 heavy (non-hydrogen) atoms. The van der Waals surface area contributed by atoms with Crippen LogP contribution in [-0.4, -0.2) is 4.83 Å². The molecular formula is C26H35Br. The van der Waals surface area contributed by atoms with Crippen molar-refractivity contribution >= 4 is 22.0 Å². The number of hydrogen-bond donors (Lipinski definition) is 0. The van der Waals surface area contributed by atoms with Gasteiger partial charge in [0.25, 0.3) is 0 Å². The van der Waals surface area contributed by atoms with Crippen LogP contribution in [0.4, 0.5) is 0 Å². The van der Waals surface area contributed by atoms with Crippen molar-refractivity contribution in [2.45, 2.75) is 70.5 Å². The van der Waals surface area contributed by atoms with Crippen molar-refractivity contribution in [2.24, 2.45) is 40.9 Å². The van der Waals surface area contributed by atoms with Crippen LogP contribution in [0.15, 0.2) is 29.8 Å². The molecule has 0 amide bonds. The second-order valence-electron chi connectivity index (χ2n) is 10.7. The van der Waals surface area contributed by atoms with Crippen LogP contribution in [0.25, 0.3) is 6.08 Å². The van der Waals surface area contributed by atoms with Gasteiger partial charge in [0.05, 0.1) is 0 Å². The zero-order chi connectivity index (χ0) is 18.8. The Morgan fingerprint density at radius 3 is 2.56 bits per heavy atom. The van der Waals surface area contributed by atoms with Crippen molar-refractivity contribution in [3.8, 4) is 0 Å². The van der Waals surface area contributed by atoms with Gasteiger partial charge in [0.1, 0.15) is 0 Å². The van der Waals surface area contributed by atoms with Crippen LogP contribution in [-0.2, 0) is 6.42 Å². The monoisotopic (exact) mass is 426 g/mol. The lowest BCUT2D eigenvalue weighted by Gasteiger charge is -2.49. The van der Waals surface area contributed by atoms with Crippen LogP contribution in [0.5, 0.6) is 0 Å². The van der Waals surface area contributed by atoms with Gasteiger partial charge < -0.3 is 0 Å². The summed E-state index contributed by atoms with van der Waals surface area (Å²) in [5.41, 5.74) is 5.01. The predicted molar refractivity (Wildman–Crippen MR) is 119 cm³/mol. The highest BCUT2D eigenvalue weighted by molar-refractivity contribution is 9.09. The van der Waals surface area contributed by atoms with E-state index in [0.29, 0.717) is 5.41 Å². The van der Waals surface area contributed by atoms with E-state index in [-0.39, 0.29) is 0 Å². The van der Waals surface area contributed by atoms with E-state index < -0.39 is 0 Å². The van der Waals surface area contributed by atoms with Crippen LogP contribution in [0.3, 0.4) is 0 Å². The number of halogens is 1. The molecule has 0 nitrogen and oxygen atoms in total. The molecule has 0 bridgehead atoms. The minimum atomic E-state index is 0.312. The highest BCUT2D eigenvalue weighted by Crippen LogP contribution is 2.62. The van der Waals surface area contributed by atoms with Crippen molar-refractivity contribution in [3.05, 3.63) is 41.0 Å². The van der Waals surface area contributed by atoms with Gasteiger partial charge in [0.15, 0.2) is 0 Å². The largest absolute Gasteiger partial charge is 0.0884 e. The Labute approximate surface area is 174 Å². The molecule has 1 aromatic carbocycles. The summed E-state index contributed by atoms with van der Waals surface area (Å²) in [6.45, 7) is 7.71. The fourth-order valence-corrected chi connectivity index (χ4v) is 9.20. The minimum absolute atomic E-state index is 0.312.